The van der Waals surface area contributed by atoms with E-state index in [2.05, 4.69) is 26.7 Å². The van der Waals surface area contributed by atoms with Crippen molar-refractivity contribution < 1.29 is 8.42 Å². The number of nitrogens with zero attached hydrogens (tertiary/aromatic N) is 3. The number of nitrogens with one attached hydrogen (secondary N) is 1. The maximum Gasteiger partial charge on any atom is 0.191 e. The molecule has 142 valence electrons. The number of hydrogen-bond acceptors (Lipinski definition) is 6. The van der Waals surface area contributed by atoms with E-state index in [1.165, 1.54) is 0 Å². The third kappa shape index (κ3) is 5.45. The minimum absolute atomic E-state index is 0. The lowest BCUT2D eigenvalue weighted by Crippen LogP contribution is -2.28. The van der Waals surface area contributed by atoms with Crippen LogP contribution in [0, 0.1) is 5.92 Å². The van der Waals surface area contributed by atoms with Crippen molar-refractivity contribution in [3.8, 4) is 0 Å². The van der Waals surface area contributed by atoms with Crippen molar-refractivity contribution in [3.63, 3.8) is 0 Å². The Morgan fingerprint density at radius 1 is 1.28 bits per heavy atom. The Morgan fingerprint density at radius 2 is 2.04 bits per heavy atom. The number of aromatic nitrogens is 3. The van der Waals surface area contributed by atoms with Crippen LogP contribution in [-0.2, 0) is 16.4 Å². The van der Waals surface area contributed by atoms with Crippen LogP contribution >= 0.6 is 24.2 Å². The van der Waals surface area contributed by atoms with Crippen molar-refractivity contribution in [2.75, 3.05) is 30.3 Å². The monoisotopic (exact) mass is 406 g/mol. The highest BCUT2D eigenvalue weighted by Crippen LogP contribution is 2.29. The zero-order chi connectivity index (χ0) is 17.0. The van der Waals surface area contributed by atoms with Gasteiger partial charge in [-0.25, -0.2) is 8.42 Å². The summed E-state index contributed by atoms with van der Waals surface area (Å²) in [7, 11) is -2.78. The van der Waals surface area contributed by atoms with Gasteiger partial charge in [-0.15, -0.1) is 29.2 Å². The molecule has 2 aliphatic heterocycles. The van der Waals surface area contributed by atoms with Gasteiger partial charge in [0.2, 0.25) is 0 Å². The molecule has 3 heterocycles. The second-order valence-electron chi connectivity index (χ2n) is 6.67. The minimum atomic E-state index is -2.78. The van der Waals surface area contributed by atoms with E-state index >= 15 is 0 Å². The first-order valence-corrected chi connectivity index (χ1v) is 11.5. The molecular formula is C16H27ClN4O2S2. The standard InChI is InChI=1S/C16H26N4O2S2.ClH/c1-2-9-20-15(14-3-7-17-8-4-14)18-19-16(20)23-10-5-13-6-11-24(21,22)12-13;/h2,13-14,17H,1,3-12H2;1H. The zero-order valence-corrected chi connectivity index (χ0v) is 16.8. The summed E-state index contributed by atoms with van der Waals surface area (Å²) in [5.41, 5.74) is 0. The normalized spacial score (nSPS) is 23.3. The largest absolute Gasteiger partial charge is 0.317 e. The second kappa shape index (κ2) is 9.39. The first-order valence-electron chi connectivity index (χ1n) is 8.67. The lowest BCUT2D eigenvalue weighted by atomic mass is 9.97. The van der Waals surface area contributed by atoms with Crippen molar-refractivity contribution >= 4 is 34.0 Å². The molecule has 9 heteroatoms. The van der Waals surface area contributed by atoms with E-state index in [-0.39, 0.29) is 12.4 Å². The molecule has 0 spiro atoms. The van der Waals surface area contributed by atoms with Gasteiger partial charge in [-0.05, 0) is 44.7 Å². The highest BCUT2D eigenvalue weighted by Gasteiger charge is 2.28. The summed E-state index contributed by atoms with van der Waals surface area (Å²) in [4.78, 5) is 0. The predicted molar refractivity (Wildman–Crippen MR) is 104 cm³/mol. The van der Waals surface area contributed by atoms with Gasteiger partial charge in [-0.3, -0.25) is 0 Å². The molecule has 0 aromatic carbocycles. The number of thioether (sulfide) groups is 1. The van der Waals surface area contributed by atoms with Gasteiger partial charge in [0.1, 0.15) is 5.82 Å². The number of hydrogen-bond donors (Lipinski definition) is 1. The van der Waals surface area contributed by atoms with Crippen molar-refractivity contribution in [3.05, 3.63) is 18.5 Å². The van der Waals surface area contributed by atoms with Crippen LogP contribution in [0.4, 0.5) is 0 Å². The summed E-state index contributed by atoms with van der Waals surface area (Å²) in [6.07, 6.45) is 5.82. The molecule has 0 radical (unpaired) electrons. The molecular weight excluding hydrogens is 380 g/mol. The van der Waals surface area contributed by atoms with E-state index in [0.29, 0.717) is 23.3 Å². The summed E-state index contributed by atoms with van der Waals surface area (Å²) in [5, 5.41) is 13.2. The van der Waals surface area contributed by atoms with Crippen LogP contribution < -0.4 is 5.32 Å². The molecule has 25 heavy (non-hydrogen) atoms. The van der Waals surface area contributed by atoms with E-state index < -0.39 is 9.84 Å². The zero-order valence-electron chi connectivity index (χ0n) is 14.4. The molecule has 0 saturated carbocycles. The summed E-state index contributed by atoms with van der Waals surface area (Å²) < 4.78 is 25.3. The van der Waals surface area contributed by atoms with Crippen LogP contribution in [0.2, 0.25) is 0 Å². The Hall–Kier alpha value is -0.570. The molecule has 1 aromatic rings. The topological polar surface area (TPSA) is 76.9 Å². The summed E-state index contributed by atoms with van der Waals surface area (Å²) in [6.45, 7) is 6.65. The third-order valence-electron chi connectivity index (χ3n) is 4.85. The van der Waals surface area contributed by atoms with Crippen molar-refractivity contribution in [1.82, 2.24) is 20.1 Å². The van der Waals surface area contributed by atoms with Crippen LogP contribution in [0.5, 0.6) is 0 Å². The number of halogens is 1. The highest BCUT2D eigenvalue weighted by molar-refractivity contribution is 7.99. The fourth-order valence-electron chi connectivity index (χ4n) is 3.51. The fraction of sp³-hybridized carbons (Fsp3) is 0.750. The molecule has 0 aliphatic carbocycles. The number of rotatable bonds is 7. The van der Waals surface area contributed by atoms with Crippen LogP contribution in [0.25, 0.3) is 0 Å². The van der Waals surface area contributed by atoms with Gasteiger partial charge in [0, 0.05) is 18.2 Å². The summed E-state index contributed by atoms with van der Waals surface area (Å²) in [6, 6.07) is 0. The maximum atomic E-state index is 11.5. The van der Waals surface area contributed by atoms with E-state index in [1.807, 2.05) is 6.08 Å². The minimum Gasteiger partial charge on any atom is -0.317 e. The summed E-state index contributed by atoms with van der Waals surface area (Å²) in [5.74, 6) is 3.45. The lowest BCUT2D eigenvalue weighted by Gasteiger charge is -2.22. The van der Waals surface area contributed by atoms with Crippen LogP contribution in [-0.4, -0.2) is 53.5 Å². The van der Waals surface area contributed by atoms with Crippen molar-refractivity contribution in [2.45, 2.75) is 43.3 Å². The van der Waals surface area contributed by atoms with E-state index in [4.69, 9.17) is 0 Å². The Balaban J connectivity index is 0.00000225. The van der Waals surface area contributed by atoms with Gasteiger partial charge >= 0.3 is 0 Å². The smallest absolute Gasteiger partial charge is 0.191 e. The Bertz CT molecular complexity index is 672. The first kappa shape index (κ1) is 20.7. The molecule has 2 saturated heterocycles. The van der Waals surface area contributed by atoms with Gasteiger partial charge in [0.05, 0.1) is 11.5 Å². The Morgan fingerprint density at radius 3 is 2.68 bits per heavy atom. The van der Waals surface area contributed by atoms with Gasteiger partial charge in [0.15, 0.2) is 15.0 Å². The molecule has 1 unspecified atom stereocenters. The molecule has 2 fully saturated rings. The molecule has 2 aliphatic rings. The first-order chi connectivity index (χ1) is 11.6. The van der Waals surface area contributed by atoms with Gasteiger partial charge in [-0.2, -0.15) is 0 Å². The quantitative estimate of drug-likeness (QED) is 0.552. The van der Waals surface area contributed by atoms with Gasteiger partial charge in [0.25, 0.3) is 0 Å². The van der Waals surface area contributed by atoms with E-state index in [0.717, 1.165) is 62.1 Å². The van der Waals surface area contributed by atoms with E-state index in [1.54, 1.807) is 11.8 Å². The predicted octanol–water partition coefficient (Wildman–Crippen LogP) is 2.27. The average molecular weight is 407 g/mol. The number of piperidine rings is 1. The molecule has 1 N–H and O–H groups in total. The average Bonchev–Trinajstić information content (AvgIpc) is 3.12. The molecule has 0 amide bonds. The maximum absolute atomic E-state index is 11.5. The lowest BCUT2D eigenvalue weighted by molar-refractivity contribution is 0.431. The summed E-state index contributed by atoms with van der Waals surface area (Å²) >= 11 is 1.69. The van der Waals surface area contributed by atoms with Gasteiger partial charge < -0.3 is 9.88 Å². The second-order valence-corrected chi connectivity index (χ2v) is 9.96. The Labute approximate surface area is 160 Å². The molecule has 1 atom stereocenters. The number of allylic oxidation sites excluding steroid dienone is 1. The molecule has 1 aromatic heterocycles. The van der Waals surface area contributed by atoms with Crippen molar-refractivity contribution in [1.29, 1.82) is 0 Å². The Kier molecular flexibility index (Phi) is 7.79. The SMILES string of the molecule is C=CCn1c(SCCC2CCS(=O)(=O)C2)nnc1C1CCNCC1.Cl. The molecule has 0 bridgehead atoms. The number of sulfone groups is 1. The fourth-order valence-corrected chi connectivity index (χ4v) is 6.47. The van der Waals surface area contributed by atoms with Gasteiger partial charge in [-0.1, -0.05) is 17.8 Å². The molecule has 6 nitrogen and oxygen atoms in total. The van der Waals surface area contributed by atoms with E-state index in [9.17, 15) is 8.42 Å². The van der Waals surface area contributed by atoms with Crippen LogP contribution in [0.15, 0.2) is 17.8 Å². The van der Waals surface area contributed by atoms with Crippen molar-refractivity contribution in [2.24, 2.45) is 5.92 Å². The highest BCUT2D eigenvalue weighted by atomic mass is 35.5. The third-order valence-corrected chi connectivity index (χ3v) is 7.68. The molecule has 3 rings (SSSR count). The van der Waals surface area contributed by atoms with Crippen LogP contribution in [0.3, 0.4) is 0 Å². The van der Waals surface area contributed by atoms with Crippen LogP contribution in [0.1, 0.15) is 37.4 Å².